The Kier molecular flexibility index (Phi) is 17.5. The van der Waals surface area contributed by atoms with Crippen molar-refractivity contribution >= 4 is 0 Å². The molecule has 0 saturated heterocycles. The van der Waals surface area contributed by atoms with E-state index in [0.717, 1.165) is 91.5 Å². The zero-order valence-corrected chi connectivity index (χ0v) is 49.9. The van der Waals surface area contributed by atoms with E-state index in [1.165, 1.54) is 116 Å². The Hall–Kier alpha value is -9.00. The number of unbranched alkanes of at least 4 members (excludes halogenated alkanes) is 10. The van der Waals surface area contributed by atoms with Crippen LogP contribution in [0.15, 0.2) is 218 Å². The highest BCUT2D eigenvalue weighted by Gasteiger charge is 2.42. The van der Waals surface area contributed by atoms with Crippen LogP contribution in [0.3, 0.4) is 0 Å². The Morgan fingerprint density at radius 2 is 0.600 bits per heavy atom. The number of rotatable bonds is 23. The second kappa shape index (κ2) is 26.3. The van der Waals surface area contributed by atoms with Gasteiger partial charge in [0.1, 0.15) is 0 Å². The van der Waals surface area contributed by atoms with Crippen molar-refractivity contribution in [3.8, 4) is 113 Å². The van der Waals surface area contributed by atoms with Crippen molar-refractivity contribution in [3.05, 3.63) is 241 Å². The Morgan fingerprint density at radius 3 is 1.09 bits per heavy atom. The third-order valence-electron chi connectivity index (χ3n) is 17.3. The number of benzene rings is 8. The molecule has 11 aromatic rings. The average Bonchev–Trinajstić information content (AvgIpc) is 2.17. The number of hydrogen-bond donors (Lipinski definition) is 0. The lowest BCUT2D eigenvalue weighted by Gasteiger charge is -2.33. The summed E-state index contributed by atoms with van der Waals surface area (Å²) in [6, 6.07) is 77.7. The van der Waals surface area contributed by atoms with E-state index in [-0.39, 0.29) is 5.41 Å². The number of nitrogens with zero attached hydrogens (tertiary/aromatic N) is 6. The van der Waals surface area contributed by atoms with Gasteiger partial charge in [-0.2, -0.15) is 0 Å². The van der Waals surface area contributed by atoms with Crippen molar-refractivity contribution < 1.29 is 0 Å². The average molecular weight is 1110 g/mol. The van der Waals surface area contributed by atoms with Gasteiger partial charge in [0.25, 0.3) is 0 Å². The Labute approximate surface area is 503 Å². The van der Waals surface area contributed by atoms with Crippen molar-refractivity contribution in [1.82, 2.24) is 29.9 Å². The molecule has 1 aliphatic rings. The summed E-state index contributed by atoms with van der Waals surface area (Å²) in [5.74, 6) is 1.59. The van der Waals surface area contributed by atoms with E-state index >= 15 is 0 Å². The number of aromatic nitrogens is 6. The molecule has 422 valence electrons. The van der Waals surface area contributed by atoms with E-state index in [0.29, 0.717) is 17.5 Å². The van der Waals surface area contributed by atoms with E-state index in [1.807, 2.05) is 30.3 Å². The topological polar surface area (TPSA) is 77.3 Å². The quantitative estimate of drug-likeness (QED) is 0.0594. The summed E-state index contributed by atoms with van der Waals surface area (Å²) in [6.45, 7) is 9.01. The minimum absolute atomic E-state index is 0.106. The van der Waals surface area contributed by atoms with Gasteiger partial charge in [-0.1, -0.05) is 290 Å². The molecule has 85 heavy (non-hydrogen) atoms. The second-order valence-corrected chi connectivity index (χ2v) is 23.4. The van der Waals surface area contributed by atoms with E-state index in [4.69, 9.17) is 29.9 Å². The van der Waals surface area contributed by atoms with E-state index in [9.17, 15) is 0 Å². The van der Waals surface area contributed by atoms with Gasteiger partial charge in [-0.3, -0.25) is 0 Å². The summed E-state index contributed by atoms with van der Waals surface area (Å²) in [5, 5.41) is 0. The monoisotopic (exact) mass is 1110 g/mol. The highest BCUT2D eigenvalue weighted by molar-refractivity contribution is 5.85. The van der Waals surface area contributed by atoms with Gasteiger partial charge >= 0.3 is 0 Å². The van der Waals surface area contributed by atoms with Gasteiger partial charge in [-0.25, -0.2) is 29.9 Å². The van der Waals surface area contributed by atoms with Crippen LogP contribution >= 0.6 is 0 Å². The molecule has 6 nitrogen and oxygen atoms in total. The van der Waals surface area contributed by atoms with Crippen LogP contribution in [-0.2, 0) is 5.41 Å². The SMILES string of the molecule is CCCCCCCCC1(CCCCCCCC)c2cc(C)ccc2-c2ccc(-c3cc(-c4cccc(-c5cc(-c6ccc(-c7ccc(C)cc7)cc6)nc(-c6ccccc6)n5)c4)nc(-c4nc(-c5ccccc5)cc(-c5ccccc5)n4)n3)cc21. The van der Waals surface area contributed by atoms with Crippen molar-refractivity contribution in [1.29, 1.82) is 0 Å². The summed E-state index contributed by atoms with van der Waals surface area (Å²) >= 11 is 0. The van der Waals surface area contributed by atoms with Crippen LogP contribution in [0, 0.1) is 13.8 Å². The summed E-state index contributed by atoms with van der Waals surface area (Å²) in [5.41, 5.74) is 22.2. The number of aryl methyl sites for hydroxylation is 2. The van der Waals surface area contributed by atoms with Crippen LogP contribution in [0.1, 0.15) is 126 Å². The Morgan fingerprint density at radius 1 is 0.259 bits per heavy atom. The van der Waals surface area contributed by atoms with Crippen LogP contribution in [0.25, 0.3) is 113 Å². The molecular weight excluding hydrogens is 1030 g/mol. The molecule has 1 aliphatic carbocycles. The van der Waals surface area contributed by atoms with Crippen LogP contribution in [0.5, 0.6) is 0 Å². The van der Waals surface area contributed by atoms with Gasteiger partial charge in [0.15, 0.2) is 17.5 Å². The minimum Gasteiger partial charge on any atom is -0.228 e. The second-order valence-electron chi connectivity index (χ2n) is 23.4. The summed E-state index contributed by atoms with van der Waals surface area (Å²) in [7, 11) is 0. The fourth-order valence-corrected chi connectivity index (χ4v) is 12.6. The smallest absolute Gasteiger partial charge is 0.198 e. The summed E-state index contributed by atoms with van der Waals surface area (Å²) in [4.78, 5) is 32.2. The largest absolute Gasteiger partial charge is 0.228 e. The molecular formula is C79H76N6. The fraction of sp³-hybridized carbons (Fsp3) is 0.241. The van der Waals surface area contributed by atoms with Gasteiger partial charge in [0.2, 0.25) is 0 Å². The molecule has 0 spiro atoms. The van der Waals surface area contributed by atoms with E-state index in [1.54, 1.807) is 0 Å². The zero-order valence-electron chi connectivity index (χ0n) is 49.9. The molecule has 8 aromatic carbocycles. The van der Waals surface area contributed by atoms with Gasteiger partial charge in [0, 0.05) is 44.4 Å². The first-order valence-electron chi connectivity index (χ1n) is 31.2. The maximum Gasteiger partial charge on any atom is 0.198 e. The fourth-order valence-electron chi connectivity index (χ4n) is 12.6. The zero-order chi connectivity index (χ0) is 58.0. The van der Waals surface area contributed by atoms with Crippen molar-refractivity contribution in [2.45, 2.75) is 123 Å². The molecule has 0 atom stereocenters. The molecule has 3 heterocycles. The molecule has 0 aliphatic heterocycles. The minimum atomic E-state index is -0.106. The van der Waals surface area contributed by atoms with Crippen LogP contribution in [-0.4, -0.2) is 29.9 Å². The molecule has 0 saturated carbocycles. The highest BCUT2D eigenvalue weighted by atomic mass is 15.0. The molecule has 6 heteroatoms. The Balaban J connectivity index is 1.01. The molecule has 0 bridgehead atoms. The lowest BCUT2D eigenvalue weighted by atomic mass is 9.70. The van der Waals surface area contributed by atoms with Gasteiger partial charge in [0.05, 0.1) is 34.2 Å². The molecule has 0 fully saturated rings. The van der Waals surface area contributed by atoms with Gasteiger partial charge < -0.3 is 0 Å². The number of fused-ring (bicyclic) bond motifs is 3. The standard InChI is InChI=1S/C79H76N6/c1-5-7-9-11-13-24-47-79(48-25-14-12-10-8-6-2)68-49-56(4)37-45-66(68)67-46-44-65(51-69(67)79)75-54-74(84-78(85-75)77-82-70(59-27-18-15-19-28-59)52-71(83-77)60-29-20-16-21-30-60)64-34-26-33-63(50-64)73-53-72(80-76(81-73)62-31-22-17-23-32-62)61-42-40-58(41-43-61)57-38-35-55(3)36-39-57/h15-23,26-46,49-54H,5-14,24-25,47-48H2,1-4H3. The summed E-state index contributed by atoms with van der Waals surface area (Å²) < 4.78 is 0. The third kappa shape index (κ3) is 12.8. The van der Waals surface area contributed by atoms with Gasteiger partial charge in [-0.15, -0.1) is 0 Å². The van der Waals surface area contributed by atoms with Gasteiger partial charge in [-0.05, 0) is 90.4 Å². The molecule has 0 N–H and O–H groups in total. The van der Waals surface area contributed by atoms with E-state index in [2.05, 4.69) is 216 Å². The predicted octanol–water partition coefficient (Wildman–Crippen LogP) is 21.4. The van der Waals surface area contributed by atoms with Crippen LogP contribution in [0.4, 0.5) is 0 Å². The lowest BCUT2D eigenvalue weighted by molar-refractivity contribution is 0.398. The number of hydrogen-bond acceptors (Lipinski definition) is 6. The summed E-state index contributed by atoms with van der Waals surface area (Å²) in [6.07, 6.45) is 17.5. The third-order valence-corrected chi connectivity index (χ3v) is 17.3. The maximum atomic E-state index is 5.56. The van der Waals surface area contributed by atoms with Crippen LogP contribution in [0.2, 0.25) is 0 Å². The highest BCUT2D eigenvalue weighted by Crippen LogP contribution is 2.55. The molecule has 3 aromatic heterocycles. The van der Waals surface area contributed by atoms with Crippen LogP contribution < -0.4 is 0 Å². The Bertz CT molecular complexity index is 3970. The first-order chi connectivity index (χ1) is 41.8. The first-order valence-corrected chi connectivity index (χ1v) is 31.2. The van der Waals surface area contributed by atoms with Crippen molar-refractivity contribution in [2.75, 3.05) is 0 Å². The molecule has 0 unspecified atom stereocenters. The lowest BCUT2D eigenvalue weighted by Crippen LogP contribution is -2.25. The van der Waals surface area contributed by atoms with E-state index < -0.39 is 0 Å². The maximum absolute atomic E-state index is 5.56. The first kappa shape index (κ1) is 56.5. The van der Waals surface area contributed by atoms with Crippen molar-refractivity contribution in [2.24, 2.45) is 0 Å². The normalized spacial score (nSPS) is 12.3. The van der Waals surface area contributed by atoms with Crippen molar-refractivity contribution in [3.63, 3.8) is 0 Å². The molecule has 0 amide bonds. The molecule has 12 rings (SSSR count). The predicted molar refractivity (Wildman–Crippen MR) is 354 cm³/mol. The molecule has 0 radical (unpaired) electrons.